The van der Waals surface area contributed by atoms with Crippen LogP contribution in [0.3, 0.4) is 0 Å². The Morgan fingerprint density at radius 3 is 2.05 bits per heavy atom. The van der Waals surface area contributed by atoms with Crippen molar-refractivity contribution in [2.45, 2.75) is 39.2 Å². The predicted octanol–water partition coefficient (Wildman–Crippen LogP) is 4.59. The van der Waals surface area contributed by atoms with E-state index in [4.69, 9.17) is 9.53 Å². The summed E-state index contributed by atoms with van der Waals surface area (Å²) in [5, 5.41) is 2.25. The molecule has 0 bridgehead atoms. The van der Waals surface area contributed by atoms with Crippen molar-refractivity contribution in [3.05, 3.63) is 93.4 Å². The maximum absolute atomic E-state index is 14.3. The van der Waals surface area contributed by atoms with Gasteiger partial charge >= 0.3 is 0 Å². The Morgan fingerprint density at radius 1 is 1.05 bits per heavy atom. The Kier molecular flexibility index (Phi) is 11.7. The average Bonchev–Trinajstić information content (AvgIpc) is 3.27. The summed E-state index contributed by atoms with van der Waals surface area (Å²) in [7, 11) is 2.83. The number of amides is 2. The van der Waals surface area contributed by atoms with Crippen LogP contribution in [0.15, 0.2) is 59.5 Å². The second kappa shape index (κ2) is 14.7. The van der Waals surface area contributed by atoms with Crippen LogP contribution >= 0.6 is 0 Å². The van der Waals surface area contributed by atoms with Crippen molar-refractivity contribution in [1.82, 2.24) is 9.88 Å². The van der Waals surface area contributed by atoms with Crippen molar-refractivity contribution in [2.24, 2.45) is 0 Å². The van der Waals surface area contributed by atoms with E-state index in [0.29, 0.717) is 6.41 Å². The number of benzene rings is 2. The van der Waals surface area contributed by atoms with E-state index >= 15 is 0 Å². The summed E-state index contributed by atoms with van der Waals surface area (Å²) in [6, 6.07) is 13.2. The summed E-state index contributed by atoms with van der Waals surface area (Å²) in [6.45, 7) is 3.26. The molecule has 2 amide bonds. The van der Waals surface area contributed by atoms with Crippen LogP contribution < -0.4 is 20.5 Å². The molecule has 2 heterocycles. The molecule has 2 aromatic carbocycles. The lowest BCUT2D eigenvalue weighted by Gasteiger charge is -2.18. The largest absolute Gasteiger partial charge is 0.497 e. The molecule has 1 saturated heterocycles. The van der Waals surface area contributed by atoms with Crippen LogP contribution in [-0.2, 0) is 16.1 Å². The SMILES string of the molecule is CNC=O.COc1cc(F)c(C2CC(=O)N(c3cccn(CC(F)F)c3=O)C2)c(F)c1.Cc1ccc(C)cc1. The number of hydrogen-bond acceptors (Lipinski definition) is 4. The number of carbonyl (C=O) groups is 2. The Bertz CT molecular complexity index is 1270. The summed E-state index contributed by atoms with van der Waals surface area (Å²) in [4.78, 5) is 34.9. The fourth-order valence-corrected chi connectivity index (χ4v) is 3.86. The van der Waals surface area contributed by atoms with Crippen LogP contribution in [0.25, 0.3) is 0 Å². The number of hydrogen-bond donors (Lipinski definition) is 1. The number of alkyl halides is 2. The van der Waals surface area contributed by atoms with Gasteiger partial charge in [-0.25, -0.2) is 17.6 Å². The smallest absolute Gasteiger partial charge is 0.274 e. The number of nitrogens with zero attached hydrogens (tertiary/aromatic N) is 2. The highest BCUT2D eigenvalue weighted by Crippen LogP contribution is 2.35. The van der Waals surface area contributed by atoms with E-state index in [2.05, 4.69) is 43.4 Å². The van der Waals surface area contributed by atoms with E-state index in [0.717, 1.165) is 21.6 Å². The molecule has 210 valence electrons. The zero-order chi connectivity index (χ0) is 29.1. The zero-order valence-electron chi connectivity index (χ0n) is 22.1. The van der Waals surface area contributed by atoms with Crippen LogP contribution in [0.4, 0.5) is 23.2 Å². The number of rotatable bonds is 6. The summed E-state index contributed by atoms with van der Waals surface area (Å²) < 4.78 is 59.4. The number of aryl methyl sites for hydroxylation is 2. The van der Waals surface area contributed by atoms with Crippen molar-refractivity contribution in [3.8, 4) is 5.75 Å². The molecule has 3 aromatic rings. The zero-order valence-corrected chi connectivity index (χ0v) is 22.1. The molecule has 0 radical (unpaired) electrons. The Morgan fingerprint density at radius 2 is 1.59 bits per heavy atom. The third kappa shape index (κ3) is 8.69. The van der Waals surface area contributed by atoms with E-state index in [1.807, 2.05) is 0 Å². The fourth-order valence-electron chi connectivity index (χ4n) is 3.86. The van der Waals surface area contributed by atoms with Crippen molar-refractivity contribution >= 4 is 18.0 Å². The number of carbonyl (C=O) groups excluding carboxylic acids is 2. The molecule has 1 aliphatic rings. The number of methoxy groups -OCH3 is 1. The number of nitrogens with one attached hydrogen (secondary N) is 1. The van der Waals surface area contributed by atoms with Gasteiger partial charge in [0.2, 0.25) is 12.3 Å². The van der Waals surface area contributed by atoms with Crippen molar-refractivity contribution in [2.75, 3.05) is 25.6 Å². The monoisotopic (exact) mass is 549 g/mol. The summed E-state index contributed by atoms with van der Waals surface area (Å²) in [6.07, 6.45) is -1.12. The molecule has 0 spiro atoms. The molecule has 39 heavy (non-hydrogen) atoms. The molecule has 1 unspecified atom stereocenters. The highest BCUT2D eigenvalue weighted by Gasteiger charge is 2.36. The van der Waals surface area contributed by atoms with E-state index < -0.39 is 42.0 Å². The minimum atomic E-state index is -2.73. The third-order valence-electron chi connectivity index (χ3n) is 5.78. The minimum Gasteiger partial charge on any atom is -0.497 e. The van der Waals surface area contributed by atoms with E-state index in [1.165, 1.54) is 36.6 Å². The Balaban J connectivity index is 0.000000368. The topological polar surface area (TPSA) is 80.6 Å². The van der Waals surface area contributed by atoms with Crippen LogP contribution in [0.1, 0.15) is 29.0 Å². The molecule has 0 aliphatic carbocycles. The van der Waals surface area contributed by atoms with Crippen molar-refractivity contribution in [1.29, 1.82) is 0 Å². The van der Waals surface area contributed by atoms with Gasteiger partial charge in [0, 0.05) is 49.8 Å². The standard InChI is InChI=1S/C18H16F4N2O3.C8H10.C2H5NO/c1-27-11-6-12(19)17(13(20)7-11)10-5-16(25)24(8-10)14-3-2-4-23(18(14)26)9-15(21)22;1-7-3-5-8(2)6-4-7;1-3-2-4/h2-4,6-7,10,15H,5,8-9H2,1H3;3-6H,1-2H3;2H,1H3,(H,3,4). The van der Waals surface area contributed by atoms with Gasteiger partial charge in [-0.3, -0.25) is 14.4 Å². The number of halogens is 4. The number of pyridine rings is 1. The molecule has 7 nitrogen and oxygen atoms in total. The van der Waals surface area contributed by atoms with Crippen LogP contribution in [-0.4, -0.2) is 44.0 Å². The number of anilines is 1. The van der Waals surface area contributed by atoms with Gasteiger partial charge < -0.3 is 19.5 Å². The highest BCUT2D eigenvalue weighted by atomic mass is 19.3. The van der Waals surface area contributed by atoms with Gasteiger partial charge in [-0.15, -0.1) is 0 Å². The minimum absolute atomic E-state index is 0.00729. The van der Waals surface area contributed by atoms with Gasteiger partial charge in [-0.1, -0.05) is 35.4 Å². The van der Waals surface area contributed by atoms with Gasteiger partial charge in [-0.05, 0) is 26.0 Å². The van der Waals surface area contributed by atoms with Crippen LogP contribution in [0.2, 0.25) is 0 Å². The molecule has 1 atom stereocenters. The molecular weight excluding hydrogens is 518 g/mol. The normalized spacial score (nSPS) is 14.2. The van der Waals surface area contributed by atoms with E-state index in [9.17, 15) is 27.2 Å². The first-order chi connectivity index (χ1) is 18.5. The molecule has 1 N–H and O–H groups in total. The second-order valence-corrected chi connectivity index (χ2v) is 8.71. The predicted molar refractivity (Wildman–Crippen MR) is 140 cm³/mol. The summed E-state index contributed by atoms with van der Waals surface area (Å²) in [5.74, 6) is -3.02. The Labute approximate surface area is 224 Å². The molecule has 1 aromatic heterocycles. The van der Waals surface area contributed by atoms with Crippen molar-refractivity contribution in [3.63, 3.8) is 0 Å². The van der Waals surface area contributed by atoms with Gasteiger partial charge in [0.05, 0.1) is 13.7 Å². The van der Waals surface area contributed by atoms with E-state index in [1.54, 1.807) is 7.05 Å². The maximum Gasteiger partial charge on any atom is 0.274 e. The molecule has 0 saturated carbocycles. The first-order valence-corrected chi connectivity index (χ1v) is 12.0. The molecule has 11 heteroatoms. The van der Waals surface area contributed by atoms with Gasteiger partial charge in [0.1, 0.15) is 23.1 Å². The second-order valence-electron chi connectivity index (χ2n) is 8.71. The Hall–Kier alpha value is -4.15. The lowest BCUT2D eigenvalue weighted by atomic mass is 9.97. The fraction of sp³-hybridized carbons (Fsp3) is 0.321. The first-order valence-electron chi connectivity index (χ1n) is 12.0. The first kappa shape index (κ1) is 31.1. The quantitative estimate of drug-likeness (QED) is 0.361. The average molecular weight is 550 g/mol. The van der Waals surface area contributed by atoms with Crippen LogP contribution in [0.5, 0.6) is 5.75 Å². The van der Waals surface area contributed by atoms with Gasteiger partial charge in [0.15, 0.2) is 0 Å². The van der Waals surface area contributed by atoms with Gasteiger partial charge in [-0.2, -0.15) is 0 Å². The molecular formula is C28H31F4N3O4. The molecule has 1 aliphatic heterocycles. The lowest BCUT2D eigenvalue weighted by Crippen LogP contribution is -2.33. The molecule has 1 fully saturated rings. The lowest BCUT2D eigenvalue weighted by molar-refractivity contribution is -0.117. The van der Waals surface area contributed by atoms with Gasteiger partial charge in [0.25, 0.3) is 12.0 Å². The number of aromatic nitrogens is 1. The third-order valence-corrected chi connectivity index (χ3v) is 5.78. The number of ether oxygens (including phenoxy) is 1. The highest BCUT2D eigenvalue weighted by molar-refractivity contribution is 5.96. The molecule has 4 rings (SSSR count). The summed E-state index contributed by atoms with van der Waals surface area (Å²) >= 11 is 0. The summed E-state index contributed by atoms with van der Waals surface area (Å²) in [5.41, 5.74) is 1.53. The van der Waals surface area contributed by atoms with Crippen LogP contribution in [0, 0.1) is 25.5 Å². The van der Waals surface area contributed by atoms with Crippen molar-refractivity contribution < 1.29 is 31.9 Å². The van der Waals surface area contributed by atoms with E-state index in [-0.39, 0.29) is 30.0 Å². The maximum atomic E-state index is 14.3.